The first-order valence-corrected chi connectivity index (χ1v) is 4.65. The van der Waals surface area contributed by atoms with Crippen LogP contribution in [0.1, 0.15) is 4.88 Å². The number of hydrogen-bond acceptors (Lipinski definition) is 3. The van der Waals surface area contributed by atoms with Gasteiger partial charge in [-0.3, -0.25) is 0 Å². The Hall–Kier alpha value is -0.880. The van der Waals surface area contributed by atoms with E-state index in [-0.39, 0.29) is 10.1 Å². The van der Waals surface area contributed by atoms with Crippen LogP contribution >= 0.6 is 22.9 Å². The van der Waals surface area contributed by atoms with Crippen molar-refractivity contribution in [2.45, 2.75) is 6.18 Å². The van der Waals surface area contributed by atoms with E-state index in [9.17, 15) is 13.2 Å². The number of alkyl halides is 3. The Labute approximate surface area is 85.4 Å². The highest BCUT2D eigenvalue weighted by molar-refractivity contribution is 7.18. The molecule has 2 aromatic rings. The first-order valence-electron chi connectivity index (χ1n) is 3.46. The van der Waals surface area contributed by atoms with Crippen LogP contribution in [0.25, 0.3) is 10.2 Å². The quantitative estimate of drug-likeness (QED) is 0.658. The Morgan fingerprint density at radius 2 is 2.07 bits per heavy atom. The summed E-state index contributed by atoms with van der Waals surface area (Å²) in [7, 11) is 0. The molecule has 0 spiro atoms. The van der Waals surface area contributed by atoms with Crippen molar-refractivity contribution in [2.24, 2.45) is 0 Å². The second-order valence-corrected chi connectivity index (χ2v) is 3.88. The zero-order valence-electron chi connectivity index (χ0n) is 6.47. The van der Waals surface area contributed by atoms with Crippen LogP contribution < -0.4 is 0 Å². The first kappa shape index (κ1) is 9.67. The molecule has 0 atom stereocenters. The van der Waals surface area contributed by atoms with Crippen LogP contribution in [0.15, 0.2) is 12.3 Å². The van der Waals surface area contributed by atoms with E-state index < -0.39 is 11.1 Å². The maximum atomic E-state index is 12.3. The third-order valence-corrected chi connectivity index (χ3v) is 2.80. The molecule has 0 unspecified atom stereocenters. The lowest BCUT2D eigenvalue weighted by atomic mass is 10.4. The summed E-state index contributed by atoms with van der Waals surface area (Å²) in [5.74, 6) is 0. The topological polar surface area (TPSA) is 25.8 Å². The highest BCUT2D eigenvalue weighted by Gasteiger charge is 2.33. The lowest BCUT2D eigenvalue weighted by Gasteiger charge is -1.99. The normalized spacial score (nSPS) is 12.3. The van der Waals surface area contributed by atoms with Gasteiger partial charge in [-0.25, -0.2) is 9.97 Å². The van der Waals surface area contributed by atoms with Gasteiger partial charge < -0.3 is 0 Å². The smallest absolute Gasteiger partial charge is 0.226 e. The van der Waals surface area contributed by atoms with Crippen LogP contribution in [0, 0.1) is 0 Å². The number of rotatable bonds is 0. The van der Waals surface area contributed by atoms with Gasteiger partial charge in [0, 0.05) is 11.6 Å². The van der Waals surface area contributed by atoms with Crippen LogP contribution in [0.5, 0.6) is 0 Å². The van der Waals surface area contributed by atoms with E-state index >= 15 is 0 Å². The molecule has 0 aromatic carbocycles. The number of aromatic nitrogens is 2. The van der Waals surface area contributed by atoms with Crippen LogP contribution in [0.3, 0.4) is 0 Å². The first-order chi connectivity index (χ1) is 6.47. The molecule has 0 aliphatic rings. The summed E-state index contributed by atoms with van der Waals surface area (Å²) < 4.78 is 36.8. The summed E-state index contributed by atoms with van der Waals surface area (Å²) in [5, 5.41) is 0.305. The van der Waals surface area contributed by atoms with Gasteiger partial charge in [-0.05, 0) is 17.7 Å². The molecule has 2 aromatic heterocycles. The molecule has 0 fully saturated rings. The SMILES string of the molecule is FC(F)(F)c1cc2cnc(Cl)nc2s1. The molecule has 0 amide bonds. The molecule has 0 N–H and O–H groups in total. The molecule has 0 aliphatic heterocycles. The van der Waals surface area contributed by atoms with Crippen LogP contribution in [0.4, 0.5) is 13.2 Å². The molecule has 0 radical (unpaired) electrons. The van der Waals surface area contributed by atoms with Crippen LogP contribution in [-0.4, -0.2) is 9.97 Å². The fourth-order valence-electron chi connectivity index (χ4n) is 0.951. The van der Waals surface area contributed by atoms with E-state index in [1.54, 1.807) is 0 Å². The summed E-state index contributed by atoms with van der Waals surface area (Å²) in [5.41, 5.74) is 0. The molecule has 0 bridgehead atoms. The van der Waals surface area contributed by atoms with Crippen molar-refractivity contribution in [3.05, 3.63) is 22.4 Å². The molecule has 0 saturated carbocycles. The minimum absolute atomic E-state index is 0.0481. The number of hydrogen-bond donors (Lipinski definition) is 0. The zero-order valence-corrected chi connectivity index (χ0v) is 8.04. The molecule has 0 aliphatic carbocycles. The van der Waals surface area contributed by atoms with Gasteiger partial charge in [0.1, 0.15) is 9.71 Å². The molecule has 74 valence electrons. The third-order valence-electron chi connectivity index (χ3n) is 1.52. The van der Waals surface area contributed by atoms with Crippen LogP contribution in [0.2, 0.25) is 5.28 Å². The zero-order chi connectivity index (χ0) is 10.3. The molecule has 2 nitrogen and oxygen atoms in total. The third kappa shape index (κ3) is 1.67. The predicted molar refractivity (Wildman–Crippen MR) is 47.4 cm³/mol. The van der Waals surface area contributed by atoms with Crippen molar-refractivity contribution in [1.29, 1.82) is 0 Å². The lowest BCUT2D eigenvalue weighted by Crippen LogP contribution is -2.00. The molecule has 2 heterocycles. The summed E-state index contributed by atoms with van der Waals surface area (Å²) >= 11 is 6.00. The van der Waals surface area contributed by atoms with Crippen molar-refractivity contribution in [2.75, 3.05) is 0 Å². The second kappa shape index (κ2) is 3.06. The molecular formula is C7H2ClF3N2S. The average molecular weight is 239 g/mol. The Morgan fingerprint density at radius 1 is 1.36 bits per heavy atom. The van der Waals surface area contributed by atoms with Crippen molar-refractivity contribution >= 4 is 33.2 Å². The largest absolute Gasteiger partial charge is 0.425 e. The van der Waals surface area contributed by atoms with Crippen molar-refractivity contribution in [3.63, 3.8) is 0 Å². The second-order valence-electron chi connectivity index (χ2n) is 2.51. The van der Waals surface area contributed by atoms with Crippen molar-refractivity contribution in [3.8, 4) is 0 Å². The summed E-state index contributed by atoms with van der Waals surface area (Å²) in [6.07, 6.45) is -3.06. The molecular weight excluding hydrogens is 237 g/mol. The van der Waals surface area contributed by atoms with Gasteiger partial charge >= 0.3 is 6.18 Å². The Bertz CT molecular complexity index is 479. The summed E-state index contributed by atoms with van der Waals surface area (Å²) in [4.78, 5) is 6.84. The Kier molecular flexibility index (Phi) is 2.11. The summed E-state index contributed by atoms with van der Waals surface area (Å²) in [6.45, 7) is 0. The van der Waals surface area contributed by atoms with Crippen molar-refractivity contribution in [1.82, 2.24) is 9.97 Å². The fourth-order valence-corrected chi connectivity index (χ4v) is 2.01. The number of thiophene rings is 1. The fraction of sp³-hybridized carbons (Fsp3) is 0.143. The van der Waals surface area contributed by atoms with Gasteiger partial charge in [0.25, 0.3) is 0 Å². The number of fused-ring (bicyclic) bond motifs is 1. The number of nitrogens with zero attached hydrogens (tertiary/aromatic N) is 2. The average Bonchev–Trinajstić information content (AvgIpc) is 2.45. The molecule has 14 heavy (non-hydrogen) atoms. The monoisotopic (exact) mass is 238 g/mol. The van der Waals surface area contributed by atoms with E-state index in [1.807, 2.05) is 0 Å². The predicted octanol–water partition coefficient (Wildman–Crippen LogP) is 3.36. The van der Waals surface area contributed by atoms with Crippen LogP contribution in [-0.2, 0) is 6.18 Å². The summed E-state index contributed by atoms with van der Waals surface area (Å²) in [6, 6.07) is 1.01. The molecule has 0 saturated heterocycles. The highest BCUT2D eigenvalue weighted by Crippen LogP contribution is 2.37. The van der Waals surface area contributed by atoms with E-state index in [0.717, 1.165) is 6.07 Å². The van der Waals surface area contributed by atoms with E-state index in [0.29, 0.717) is 16.7 Å². The van der Waals surface area contributed by atoms with Gasteiger partial charge in [-0.1, -0.05) is 0 Å². The van der Waals surface area contributed by atoms with Gasteiger partial charge in [0.15, 0.2) is 0 Å². The standard InChI is InChI=1S/C7H2ClF3N2S/c8-6-12-2-3-1-4(7(9,10)11)14-5(3)13-6/h1-2H. The minimum Gasteiger partial charge on any atom is -0.226 e. The Morgan fingerprint density at radius 3 is 2.71 bits per heavy atom. The van der Waals surface area contributed by atoms with Gasteiger partial charge in [-0.2, -0.15) is 13.2 Å². The van der Waals surface area contributed by atoms with Gasteiger partial charge in [0.05, 0.1) is 0 Å². The van der Waals surface area contributed by atoms with Gasteiger partial charge in [0.2, 0.25) is 5.28 Å². The Balaban J connectivity index is 2.63. The maximum absolute atomic E-state index is 12.3. The van der Waals surface area contributed by atoms with E-state index in [2.05, 4.69) is 9.97 Å². The minimum atomic E-state index is -4.34. The van der Waals surface area contributed by atoms with E-state index in [4.69, 9.17) is 11.6 Å². The number of halogens is 4. The van der Waals surface area contributed by atoms with Crippen molar-refractivity contribution < 1.29 is 13.2 Å². The lowest BCUT2D eigenvalue weighted by molar-refractivity contribution is -0.134. The highest BCUT2D eigenvalue weighted by atomic mass is 35.5. The van der Waals surface area contributed by atoms with E-state index in [1.165, 1.54) is 6.20 Å². The molecule has 7 heteroatoms. The maximum Gasteiger partial charge on any atom is 0.425 e. The van der Waals surface area contributed by atoms with Gasteiger partial charge in [-0.15, -0.1) is 11.3 Å². The molecule has 2 rings (SSSR count).